The number of nitrogens with one attached hydrogen (secondary N) is 1. The maximum Gasteiger partial charge on any atom is 0.317 e. The molecule has 0 spiro atoms. The van der Waals surface area contributed by atoms with Crippen molar-refractivity contribution >= 4 is 6.03 Å². The van der Waals surface area contributed by atoms with Crippen LogP contribution in [0.25, 0.3) is 0 Å². The van der Waals surface area contributed by atoms with Crippen molar-refractivity contribution in [1.29, 1.82) is 0 Å². The van der Waals surface area contributed by atoms with Crippen LogP contribution in [0.1, 0.15) is 12.5 Å². The van der Waals surface area contributed by atoms with Crippen LogP contribution in [0.5, 0.6) is 0 Å². The van der Waals surface area contributed by atoms with Crippen LogP contribution >= 0.6 is 0 Å². The standard InChI is InChI=1S/C12H19N3O/c1-2-15(9-8-13)12(16)14-10-11-6-4-3-5-7-11/h3-7H,2,8-10,13H2,1H3,(H,14,16). The molecule has 4 heteroatoms. The van der Waals surface area contributed by atoms with E-state index in [4.69, 9.17) is 5.73 Å². The SMILES string of the molecule is CCN(CCN)C(=O)NCc1ccccc1. The summed E-state index contributed by atoms with van der Waals surface area (Å²) in [6.07, 6.45) is 0. The van der Waals surface area contributed by atoms with Crippen LogP contribution in [0, 0.1) is 0 Å². The molecule has 4 nitrogen and oxygen atoms in total. The summed E-state index contributed by atoms with van der Waals surface area (Å²) in [5, 5.41) is 2.87. The second-order valence-electron chi connectivity index (χ2n) is 3.51. The fraction of sp³-hybridized carbons (Fsp3) is 0.417. The Labute approximate surface area is 96.4 Å². The molecule has 0 unspecified atom stereocenters. The number of hydrogen-bond donors (Lipinski definition) is 2. The van der Waals surface area contributed by atoms with Gasteiger partial charge in [0.2, 0.25) is 0 Å². The van der Waals surface area contributed by atoms with E-state index in [2.05, 4.69) is 5.32 Å². The molecule has 1 aromatic rings. The van der Waals surface area contributed by atoms with Crippen LogP contribution in [0.3, 0.4) is 0 Å². The summed E-state index contributed by atoms with van der Waals surface area (Å²) in [5.41, 5.74) is 6.53. The first kappa shape index (κ1) is 12.5. The van der Waals surface area contributed by atoms with Gasteiger partial charge in [0.15, 0.2) is 0 Å². The molecule has 0 aliphatic carbocycles. The highest BCUT2D eigenvalue weighted by molar-refractivity contribution is 5.74. The van der Waals surface area contributed by atoms with E-state index in [0.29, 0.717) is 26.2 Å². The van der Waals surface area contributed by atoms with Gasteiger partial charge in [-0.25, -0.2) is 4.79 Å². The number of urea groups is 1. The van der Waals surface area contributed by atoms with E-state index in [1.165, 1.54) is 0 Å². The number of nitrogens with two attached hydrogens (primary N) is 1. The highest BCUT2D eigenvalue weighted by atomic mass is 16.2. The van der Waals surface area contributed by atoms with E-state index >= 15 is 0 Å². The molecule has 0 atom stereocenters. The van der Waals surface area contributed by atoms with E-state index in [0.717, 1.165) is 5.56 Å². The van der Waals surface area contributed by atoms with Crippen molar-refractivity contribution in [2.24, 2.45) is 5.73 Å². The summed E-state index contributed by atoms with van der Waals surface area (Å²) in [7, 11) is 0. The molecular weight excluding hydrogens is 202 g/mol. The van der Waals surface area contributed by atoms with Gasteiger partial charge < -0.3 is 16.0 Å². The highest BCUT2D eigenvalue weighted by Gasteiger charge is 2.08. The third kappa shape index (κ3) is 3.90. The van der Waals surface area contributed by atoms with Crippen molar-refractivity contribution in [3.63, 3.8) is 0 Å². The molecule has 1 rings (SSSR count). The minimum absolute atomic E-state index is 0.0585. The van der Waals surface area contributed by atoms with Crippen LogP contribution in [0.4, 0.5) is 4.79 Å². The van der Waals surface area contributed by atoms with Crippen molar-refractivity contribution in [3.8, 4) is 0 Å². The van der Waals surface area contributed by atoms with E-state index in [1.54, 1.807) is 4.90 Å². The van der Waals surface area contributed by atoms with Gasteiger partial charge in [0.1, 0.15) is 0 Å². The van der Waals surface area contributed by atoms with Gasteiger partial charge >= 0.3 is 6.03 Å². The van der Waals surface area contributed by atoms with Gasteiger partial charge in [-0.1, -0.05) is 30.3 Å². The molecule has 0 fully saturated rings. The van der Waals surface area contributed by atoms with E-state index in [1.807, 2.05) is 37.3 Å². The smallest absolute Gasteiger partial charge is 0.317 e. The van der Waals surface area contributed by atoms with Gasteiger partial charge in [0, 0.05) is 26.2 Å². The molecule has 0 bridgehead atoms. The van der Waals surface area contributed by atoms with E-state index in [9.17, 15) is 4.79 Å². The lowest BCUT2D eigenvalue weighted by molar-refractivity contribution is 0.201. The van der Waals surface area contributed by atoms with Gasteiger partial charge in [-0.15, -0.1) is 0 Å². The second kappa shape index (κ2) is 6.85. The largest absolute Gasteiger partial charge is 0.334 e. The Kier molecular flexibility index (Phi) is 5.36. The Morgan fingerprint density at radius 3 is 2.62 bits per heavy atom. The molecule has 0 aliphatic rings. The quantitative estimate of drug-likeness (QED) is 0.784. The van der Waals surface area contributed by atoms with Crippen LogP contribution in [0.2, 0.25) is 0 Å². The van der Waals surface area contributed by atoms with Crippen molar-refractivity contribution in [3.05, 3.63) is 35.9 Å². The van der Waals surface area contributed by atoms with Gasteiger partial charge in [0.25, 0.3) is 0 Å². The molecule has 0 saturated carbocycles. The van der Waals surface area contributed by atoms with E-state index in [-0.39, 0.29) is 6.03 Å². The Morgan fingerprint density at radius 1 is 1.38 bits per heavy atom. The third-order valence-electron chi connectivity index (χ3n) is 2.35. The number of amides is 2. The molecule has 16 heavy (non-hydrogen) atoms. The number of benzene rings is 1. The minimum atomic E-state index is -0.0585. The fourth-order valence-electron chi connectivity index (χ4n) is 1.44. The first-order valence-electron chi connectivity index (χ1n) is 5.54. The molecule has 0 heterocycles. The summed E-state index contributed by atoms with van der Waals surface area (Å²) in [6, 6.07) is 9.78. The number of carbonyl (C=O) groups excluding carboxylic acids is 1. The molecule has 0 radical (unpaired) electrons. The lowest BCUT2D eigenvalue weighted by atomic mass is 10.2. The fourth-order valence-corrected chi connectivity index (χ4v) is 1.44. The van der Waals surface area contributed by atoms with Crippen LogP contribution in [-0.4, -0.2) is 30.6 Å². The second-order valence-corrected chi connectivity index (χ2v) is 3.51. The maximum absolute atomic E-state index is 11.7. The van der Waals surface area contributed by atoms with Crippen LogP contribution < -0.4 is 11.1 Å². The zero-order chi connectivity index (χ0) is 11.8. The maximum atomic E-state index is 11.7. The molecule has 0 aromatic heterocycles. The zero-order valence-electron chi connectivity index (χ0n) is 9.65. The van der Waals surface area contributed by atoms with Crippen molar-refractivity contribution in [1.82, 2.24) is 10.2 Å². The molecule has 0 saturated heterocycles. The summed E-state index contributed by atoms with van der Waals surface area (Å²) in [5.74, 6) is 0. The molecule has 1 aromatic carbocycles. The Bertz CT molecular complexity index is 313. The van der Waals surface area contributed by atoms with Crippen LogP contribution in [-0.2, 0) is 6.54 Å². The Hall–Kier alpha value is -1.55. The summed E-state index contributed by atoms with van der Waals surface area (Å²) in [6.45, 7) is 4.26. The number of carbonyl (C=O) groups is 1. The summed E-state index contributed by atoms with van der Waals surface area (Å²) < 4.78 is 0. The monoisotopic (exact) mass is 221 g/mol. The predicted molar refractivity (Wildman–Crippen MR) is 65.0 cm³/mol. The van der Waals surface area contributed by atoms with Crippen molar-refractivity contribution in [2.45, 2.75) is 13.5 Å². The lowest BCUT2D eigenvalue weighted by Crippen LogP contribution is -2.42. The van der Waals surface area contributed by atoms with Gasteiger partial charge in [-0.05, 0) is 12.5 Å². The Balaban J connectivity index is 2.40. The molecule has 3 N–H and O–H groups in total. The molecule has 2 amide bonds. The third-order valence-corrected chi connectivity index (χ3v) is 2.35. The van der Waals surface area contributed by atoms with Crippen molar-refractivity contribution < 1.29 is 4.79 Å². The van der Waals surface area contributed by atoms with Gasteiger partial charge in [-0.2, -0.15) is 0 Å². The summed E-state index contributed by atoms with van der Waals surface area (Å²) in [4.78, 5) is 13.4. The highest BCUT2D eigenvalue weighted by Crippen LogP contribution is 1.98. The van der Waals surface area contributed by atoms with Gasteiger partial charge in [0.05, 0.1) is 0 Å². The summed E-state index contributed by atoms with van der Waals surface area (Å²) >= 11 is 0. The topological polar surface area (TPSA) is 58.4 Å². The Morgan fingerprint density at radius 2 is 2.06 bits per heavy atom. The first-order valence-corrected chi connectivity index (χ1v) is 5.54. The molecule has 88 valence electrons. The molecule has 0 aliphatic heterocycles. The minimum Gasteiger partial charge on any atom is -0.334 e. The zero-order valence-corrected chi connectivity index (χ0v) is 9.65. The average Bonchev–Trinajstić information content (AvgIpc) is 2.34. The van der Waals surface area contributed by atoms with Gasteiger partial charge in [-0.3, -0.25) is 0 Å². The van der Waals surface area contributed by atoms with Crippen LogP contribution in [0.15, 0.2) is 30.3 Å². The average molecular weight is 221 g/mol. The van der Waals surface area contributed by atoms with E-state index < -0.39 is 0 Å². The normalized spacial score (nSPS) is 9.88. The number of rotatable bonds is 5. The number of hydrogen-bond acceptors (Lipinski definition) is 2. The number of nitrogens with zero attached hydrogens (tertiary/aromatic N) is 1. The lowest BCUT2D eigenvalue weighted by Gasteiger charge is -2.20. The van der Waals surface area contributed by atoms with Crippen molar-refractivity contribution in [2.75, 3.05) is 19.6 Å². The molecular formula is C12H19N3O. The predicted octanol–water partition coefficient (Wildman–Crippen LogP) is 1.18. The number of likely N-dealkylation sites (N-methyl/N-ethyl adjacent to an activating group) is 1. The first-order chi connectivity index (χ1) is 7.77.